The number of nitrogens with two attached hydrogens (primary N) is 1. The van der Waals surface area contributed by atoms with Crippen LogP contribution in [0.15, 0.2) is 18.2 Å². The average molecular weight is 192 g/mol. The van der Waals surface area contributed by atoms with Crippen molar-refractivity contribution in [1.29, 1.82) is 0 Å². The van der Waals surface area contributed by atoms with Crippen molar-refractivity contribution in [1.82, 2.24) is 0 Å². The first-order valence-electron chi connectivity index (χ1n) is 5.02. The van der Waals surface area contributed by atoms with Gasteiger partial charge in [0.25, 0.3) is 0 Å². The van der Waals surface area contributed by atoms with E-state index in [2.05, 4.69) is 17.9 Å². The number of rotatable bonds is 1. The van der Waals surface area contributed by atoms with E-state index in [-0.39, 0.29) is 0 Å². The first-order valence-corrected chi connectivity index (χ1v) is 5.02. The van der Waals surface area contributed by atoms with Crippen LogP contribution in [-0.2, 0) is 11.2 Å². The molecular weight excluding hydrogens is 176 g/mol. The molecule has 2 N–H and O–H groups in total. The van der Waals surface area contributed by atoms with Crippen LogP contribution < -0.4 is 10.6 Å². The zero-order valence-corrected chi connectivity index (χ0v) is 8.49. The molecule has 0 radical (unpaired) electrons. The Morgan fingerprint density at radius 1 is 1.50 bits per heavy atom. The number of hydrogen-bond donors (Lipinski definition) is 1. The first kappa shape index (κ1) is 9.34. The molecule has 3 heteroatoms. The number of nitrogen functional groups attached to an aromatic ring is 1. The first-order chi connectivity index (χ1) is 6.81. The molecule has 0 saturated heterocycles. The Labute approximate surface area is 84.5 Å². The summed E-state index contributed by atoms with van der Waals surface area (Å²) in [6, 6.07) is 6.09. The van der Waals surface area contributed by atoms with E-state index < -0.39 is 0 Å². The lowest BCUT2D eigenvalue weighted by Crippen LogP contribution is -2.24. The number of fused-ring (bicyclic) bond motifs is 1. The molecule has 0 saturated carbocycles. The van der Waals surface area contributed by atoms with Crippen molar-refractivity contribution in [3.8, 4) is 0 Å². The minimum atomic E-state index is 0.688. The molecule has 0 unspecified atom stereocenters. The summed E-state index contributed by atoms with van der Waals surface area (Å²) in [6.07, 6.45) is 0.955. The molecule has 0 amide bonds. The van der Waals surface area contributed by atoms with Crippen molar-refractivity contribution in [3.05, 3.63) is 23.8 Å². The molecule has 0 atom stereocenters. The number of ether oxygens (including phenoxy) is 1. The Bertz CT molecular complexity index is 325. The van der Waals surface area contributed by atoms with Crippen molar-refractivity contribution < 1.29 is 4.74 Å². The Kier molecular flexibility index (Phi) is 2.59. The fourth-order valence-electron chi connectivity index (χ4n) is 1.80. The molecule has 1 aromatic rings. The van der Waals surface area contributed by atoms with Gasteiger partial charge in [-0.15, -0.1) is 0 Å². The number of nitrogens with zero attached hydrogens (tertiary/aromatic N) is 1. The largest absolute Gasteiger partial charge is 0.399 e. The monoisotopic (exact) mass is 192 g/mol. The smallest absolute Gasteiger partial charge is 0.118 e. The van der Waals surface area contributed by atoms with Crippen molar-refractivity contribution in [3.63, 3.8) is 0 Å². The third kappa shape index (κ3) is 1.68. The van der Waals surface area contributed by atoms with Gasteiger partial charge in [-0.3, -0.25) is 0 Å². The van der Waals surface area contributed by atoms with Gasteiger partial charge in [0.05, 0.1) is 6.61 Å². The van der Waals surface area contributed by atoms with Gasteiger partial charge in [0, 0.05) is 17.9 Å². The fourth-order valence-corrected chi connectivity index (χ4v) is 1.80. The summed E-state index contributed by atoms with van der Waals surface area (Å²) in [5.74, 6) is 0. The van der Waals surface area contributed by atoms with Crippen LogP contribution in [-0.4, -0.2) is 19.9 Å². The quantitative estimate of drug-likeness (QED) is 0.687. The highest BCUT2D eigenvalue weighted by Crippen LogP contribution is 2.25. The van der Waals surface area contributed by atoms with Gasteiger partial charge in [0.1, 0.15) is 6.73 Å². The predicted octanol–water partition coefficient (Wildman–Crippen LogP) is 1.63. The highest BCUT2D eigenvalue weighted by atomic mass is 16.5. The highest BCUT2D eigenvalue weighted by Gasteiger charge is 2.13. The zero-order chi connectivity index (χ0) is 9.97. The van der Waals surface area contributed by atoms with E-state index >= 15 is 0 Å². The van der Waals surface area contributed by atoms with Crippen LogP contribution in [0.5, 0.6) is 0 Å². The van der Waals surface area contributed by atoms with E-state index in [9.17, 15) is 0 Å². The van der Waals surface area contributed by atoms with Gasteiger partial charge in [-0.25, -0.2) is 0 Å². The van der Waals surface area contributed by atoms with E-state index in [1.54, 1.807) is 0 Å². The SMILES string of the molecule is CCN1COCCc2cc(N)ccc21. The van der Waals surface area contributed by atoms with Crippen LogP contribution in [0.25, 0.3) is 0 Å². The van der Waals surface area contributed by atoms with Crippen molar-refractivity contribution in [2.24, 2.45) is 0 Å². The summed E-state index contributed by atoms with van der Waals surface area (Å²) in [7, 11) is 0. The van der Waals surface area contributed by atoms with Gasteiger partial charge in [-0.05, 0) is 37.1 Å². The Morgan fingerprint density at radius 3 is 3.14 bits per heavy atom. The van der Waals surface area contributed by atoms with Gasteiger partial charge in [0.15, 0.2) is 0 Å². The predicted molar refractivity (Wildman–Crippen MR) is 58.4 cm³/mol. The minimum Gasteiger partial charge on any atom is -0.399 e. The van der Waals surface area contributed by atoms with Gasteiger partial charge in [-0.2, -0.15) is 0 Å². The molecular formula is C11H16N2O. The summed E-state index contributed by atoms with van der Waals surface area (Å²) < 4.78 is 5.51. The number of benzene rings is 1. The lowest BCUT2D eigenvalue weighted by atomic mass is 10.1. The topological polar surface area (TPSA) is 38.5 Å². The maximum atomic E-state index is 5.76. The Morgan fingerprint density at radius 2 is 2.36 bits per heavy atom. The maximum Gasteiger partial charge on any atom is 0.118 e. The molecule has 0 aliphatic carbocycles. The molecule has 1 aliphatic rings. The second kappa shape index (κ2) is 3.88. The number of hydrogen-bond acceptors (Lipinski definition) is 3. The van der Waals surface area contributed by atoms with Crippen LogP contribution >= 0.6 is 0 Å². The molecule has 0 aromatic heterocycles. The minimum absolute atomic E-state index is 0.688. The molecule has 0 bridgehead atoms. The molecule has 1 aromatic carbocycles. The molecule has 2 rings (SSSR count). The maximum absolute atomic E-state index is 5.76. The van der Waals surface area contributed by atoms with Crippen molar-refractivity contribution >= 4 is 11.4 Å². The molecule has 0 spiro atoms. The standard InChI is InChI=1S/C11H16N2O/c1-2-13-8-14-6-5-9-7-10(12)3-4-11(9)13/h3-4,7H,2,5-6,8,12H2,1H3. The lowest BCUT2D eigenvalue weighted by Gasteiger charge is -2.22. The van der Waals surface area contributed by atoms with Gasteiger partial charge in [0.2, 0.25) is 0 Å². The van der Waals surface area contributed by atoms with Crippen LogP contribution in [0.3, 0.4) is 0 Å². The average Bonchev–Trinajstić information content (AvgIpc) is 2.38. The van der Waals surface area contributed by atoms with Crippen LogP contribution in [0.4, 0.5) is 11.4 Å². The summed E-state index contributed by atoms with van der Waals surface area (Å²) in [6.45, 7) is 4.58. The second-order valence-corrected chi connectivity index (χ2v) is 3.53. The fraction of sp³-hybridized carbons (Fsp3) is 0.455. The summed E-state index contributed by atoms with van der Waals surface area (Å²) in [5, 5.41) is 0. The molecule has 0 fully saturated rings. The molecule has 14 heavy (non-hydrogen) atoms. The normalized spacial score (nSPS) is 16.2. The molecule has 1 heterocycles. The van der Waals surface area contributed by atoms with Crippen LogP contribution in [0.1, 0.15) is 12.5 Å². The zero-order valence-electron chi connectivity index (χ0n) is 8.49. The molecule has 3 nitrogen and oxygen atoms in total. The molecule has 76 valence electrons. The summed E-state index contributed by atoms with van der Waals surface area (Å²) >= 11 is 0. The van der Waals surface area contributed by atoms with Crippen molar-refractivity contribution in [2.75, 3.05) is 30.5 Å². The van der Waals surface area contributed by atoms with Gasteiger partial charge < -0.3 is 15.4 Å². The Balaban J connectivity index is 2.39. The highest BCUT2D eigenvalue weighted by molar-refractivity contribution is 5.59. The van der Waals surface area contributed by atoms with Gasteiger partial charge in [-0.1, -0.05) is 0 Å². The van der Waals surface area contributed by atoms with Crippen LogP contribution in [0, 0.1) is 0 Å². The van der Waals surface area contributed by atoms with Gasteiger partial charge >= 0.3 is 0 Å². The summed E-state index contributed by atoms with van der Waals surface area (Å²) in [4.78, 5) is 2.22. The third-order valence-corrected chi connectivity index (χ3v) is 2.59. The molecule has 1 aliphatic heterocycles. The Hall–Kier alpha value is -1.22. The van der Waals surface area contributed by atoms with E-state index in [1.807, 2.05) is 12.1 Å². The van der Waals surface area contributed by atoms with E-state index in [4.69, 9.17) is 10.5 Å². The van der Waals surface area contributed by atoms with E-state index in [1.165, 1.54) is 11.3 Å². The van der Waals surface area contributed by atoms with Crippen LogP contribution in [0.2, 0.25) is 0 Å². The van der Waals surface area contributed by atoms with E-state index in [0.29, 0.717) is 6.73 Å². The van der Waals surface area contributed by atoms with E-state index in [0.717, 1.165) is 25.3 Å². The summed E-state index contributed by atoms with van der Waals surface area (Å²) in [5.41, 5.74) is 9.15. The second-order valence-electron chi connectivity index (χ2n) is 3.53. The van der Waals surface area contributed by atoms with Crippen molar-refractivity contribution in [2.45, 2.75) is 13.3 Å². The lowest BCUT2D eigenvalue weighted by molar-refractivity contribution is 0.143. The number of anilines is 2. The third-order valence-electron chi connectivity index (χ3n) is 2.59.